The van der Waals surface area contributed by atoms with Crippen LogP contribution in [0.5, 0.6) is 5.75 Å². The summed E-state index contributed by atoms with van der Waals surface area (Å²) in [6, 6.07) is 3.58. The van der Waals surface area contributed by atoms with Crippen LogP contribution in [0.4, 0.5) is 5.69 Å². The lowest BCUT2D eigenvalue weighted by Crippen LogP contribution is -2.39. The van der Waals surface area contributed by atoms with Crippen LogP contribution in [-0.2, 0) is 23.4 Å². The summed E-state index contributed by atoms with van der Waals surface area (Å²) in [4.78, 5) is 26.7. The van der Waals surface area contributed by atoms with Crippen LogP contribution in [0.1, 0.15) is 32.3 Å². The van der Waals surface area contributed by atoms with Crippen molar-refractivity contribution in [2.75, 3.05) is 13.7 Å². The molecular weight excluding hydrogens is 539 g/mol. The van der Waals surface area contributed by atoms with Gasteiger partial charge in [0.15, 0.2) is 12.1 Å². The molecule has 16 nitrogen and oxygen atoms in total. The number of nitrogens with zero attached hydrogens (tertiary/aromatic N) is 4. The molecule has 0 saturated carbocycles. The average molecular weight is 570 g/mol. The maximum absolute atomic E-state index is 13.8. The third-order valence-electron chi connectivity index (χ3n) is 5.58. The van der Waals surface area contributed by atoms with E-state index in [-0.39, 0.29) is 35.3 Å². The molecule has 0 bridgehead atoms. The molecule has 5 N–H and O–H groups in total. The molecule has 1 unspecified atom stereocenters. The number of nitrogens with one attached hydrogen (secondary N) is 1. The molecule has 0 radical (unpaired) electrons. The second kappa shape index (κ2) is 12.6. The van der Waals surface area contributed by atoms with E-state index in [4.69, 9.17) is 24.3 Å². The van der Waals surface area contributed by atoms with Crippen LogP contribution in [0.15, 0.2) is 37.2 Å². The highest BCUT2D eigenvalue weighted by atomic mass is 31.2. The number of esters is 1. The molecule has 1 aromatic carbocycles. The number of hydrogen-bond donors (Lipinski definition) is 4. The van der Waals surface area contributed by atoms with Gasteiger partial charge in [-0.2, -0.15) is 5.09 Å². The number of methoxy groups -OCH3 is 1. The lowest BCUT2D eigenvalue weighted by atomic mass is 10.1. The van der Waals surface area contributed by atoms with Gasteiger partial charge in [-0.3, -0.25) is 19.4 Å². The lowest BCUT2D eigenvalue weighted by Gasteiger charge is -2.26. The Bertz CT molecular complexity index is 1220. The maximum atomic E-state index is 13.8. The van der Waals surface area contributed by atoms with Crippen molar-refractivity contribution in [1.82, 2.24) is 19.9 Å². The monoisotopic (exact) mass is 570 g/mol. The zero-order valence-corrected chi connectivity index (χ0v) is 22.3. The van der Waals surface area contributed by atoms with E-state index in [9.17, 15) is 29.7 Å². The molecule has 2 heterocycles. The molecule has 0 spiro atoms. The summed E-state index contributed by atoms with van der Waals surface area (Å²) in [5.41, 5.74) is 5.43. The van der Waals surface area contributed by atoms with Crippen molar-refractivity contribution in [3.63, 3.8) is 0 Å². The number of non-ortho nitro benzene ring substituents is 1. The Labute approximate surface area is 223 Å². The minimum atomic E-state index is -4.42. The molecule has 0 amide bonds. The van der Waals surface area contributed by atoms with Gasteiger partial charge in [0.2, 0.25) is 0 Å². The minimum absolute atomic E-state index is 0.0255. The minimum Gasteiger partial charge on any atom is -0.468 e. The summed E-state index contributed by atoms with van der Waals surface area (Å²) >= 11 is 0. The van der Waals surface area contributed by atoms with Crippen molar-refractivity contribution >= 4 is 25.1 Å². The standard InChI is InChI=1S/C22H31N6O10P/c1-12(2)9-16(22(31)35-4)26-39(34,38-15-7-5-14(6-8-15)28(32)33)36-10-17-18(29)19(30)21(37-17)27-11-24-20(25-27)13(3)23/h5-8,11-12,16-19,21,29-30H,3,9-10,23H2,1-2,4H3,(H,26,34)/t16-,17+,18+,19+,21+,39?/m0/s1. The van der Waals surface area contributed by atoms with Gasteiger partial charge < -0.3 is 29.9 Å². The number of carbonyl (C=O) groups is 1. The van der Waals surface area contributed by atoms with E-state index in [2.05, 4.69) is 21.7 Å². The summed E-state index contributed by atoms with van der Waals surface area (Å²) in [7, 11) is -3.25. The third-order valence-corrected chi connectivity index (χ3v) is 7.15. The summed E-state index contributed by atoms with van der Waals surface area (Å²) in [5.74, 6) is -0.713. The SMILES string of the molecule is C=C(N)c1ncn([C@@H]2O[C@H](COP(=O)(N[C@@H](CC(C)C)C(=O)OC)Oc3ccc([N+](=O)[O-])cc3)[C@@H](O)[C@H]2O)n1. The van der Waals surface area contributed by atoms with Crippen LogP contribution in [0.3, 0.4) is 0 Å². The molecule has 1 saturated heterocycles. The Morgan fingerprint density at radius 1 is 1.33 bits per heavy atom. The van der Waals surface area contributed by atoms with Crippen molar-refractivity contribution in [3.05, 3.63) is 53.1 Å². The molecule has 1 aliphatic rings. The van der Waals surface area contributed by atoms with Gasteiger partial charge in [-0.15, -0.1) is 5.10 Å². The maximum Gasteiger partial charge on any atom is 0.459 e. The Balaban J connectivity index is 1.81. The van der Waals surface area contributed by atoms with E-state index in [1.807, 2.05) is 13.8 Å². The van der Waals surface area contributed by atoms with Crippen LogP contribution in [0, 0.1) is 16.0 Å². The van der Waals surface area contributed by atoms with Gasteiger partial charge >= 0.3 is 13.7 Å². The second-order valence-electron chi connectivity index (χ2n) is 9.09. The van der Waals surface area contributed by atoms with Gasteiger partial charge in [0.1, 0.15) is 36.4 Å². The number of nitro groups is 1. The highest BCUT2D eigenvalue weighted by Crippen LogP contribution is 2.46. The molecule has 214 valence electrons. The number of rotatable bonds is 13. The molecule has 1 aromatic heterocycles. The van der Waals surface area contributed by atoms with Crippen molar-refractivity contribution in [2.24, 2.45) is 11.7 Å². The highest BCUT2D eigenvalue weighted by Gasteiger charge is 2.46. The topological polar surface area (TPSA) is 223 Å². The Kier molecular flexibility index (Phi) is 9.77. The molecule has 17 heteroatoms. The predicted molar refractivity (Wildman–Crippen MR) is 135 cm³/mol. The van der Waals surface area contributed by atoms with E-state index in [0.717, 1.165) is 16.8 Å². The number of benzene rings is 1. The molecule has 3 rings (SSSR count). The second-order valence-corrected chi connectivity index (χ2v) is 10.8. The van der Waals surface area contributed by atoms with E-state index in [1.54, 1.807) is 0 Å². The number of nitrogens with two attached hydrogens (primary N) is 1. The number of aromatic nitrogens is 3. The molecule has 1 aliphatic heterocycles. The first-order valence-corrected chi connectivity index (χ1v) is 13.3. The highest BCUT2D eigenvalue weighted by molar-refractivity contribution is 7.52. The van der Waals surface area contributed by atoms with Crippen molar-refractivity contribution in [1.29, 1.82) is 0 Å². The first-order valence-electron chi connectivity index (χ1n) is 11.7. The summed E-state index contributed by atoms with van der Waals surface area (Å²) in [5, 5.41) is 38.6. The van der Waals surface area contributed by atoms with Gasteiger partial charge in [0, 0.05) is 12.1 Å². The number of ether oxygens (including phenoxy) is 2. The Morgan fingerprint density at radius 3 is 2.54 bits per heavy atom. The van der Waals surface area contributed by atoms with Crippen molar-refractivity contribution in [3.8, 4) is 5.75 Å². The molecular formula is C22H31N6O10P. The van der Waals surface area contributed by atoms with Crippen LogP contribution in [-0.4, -0.2) is 73.9 Å². The zero-order chi connectivity index (χ0) is 28.9. The smallest absolute Gasteiger partial charge is 0.459 e. The van der Waals surface area contributed by atoms with Gasteiger partial charge in [0.25, 0.3) is 5.69 Å². The number of aliphatic hydroxyl groups is 2. The number of carbonyl (C=O) groups excluding carboxylic acids is 1. The van der Waals surface area contributed by atoms with Crippen molar-refractivity contribution in [2.45, 2.75) is 50.8 Å². The Morgan fingerprint density at radius 2 is 2.00 bits per heavy atom. The Hall–Kier alpha value is -3.40. The first-order chi connectivity index (χ1) is 18.3. The molecule has 2 aromatic rings. The van der Waals surface area contributed by atoms with Gasteiger partial charge in [0.05, 0.1) is 24.3 Å². The predicted octanol–water partition coefficient (Wildman–Crippen LogP) is 1.12. The van der Waals surface area contributed by atoms with Gasteiger partial charge in [-0.05, 0) is 24.5 Å². The lowest BCUT2D eigenvalue weighted by molar-refractivity contribution is -0.384. The summed E-state index contributed by atoms with van der Waals surface area (Å²) in [6.45, 7) is 6.63. The van der Waals surface area contributed by atoms with Crippen LogP contribution >= 0.6 is 7.75 Å². The first kappa shape index (κ1) is 30.1. The number of aliphatic hydroxyl groups excluding tert-OH is 2. The van der Waals surface area contributed by atoms with Crippen LogP contribution < -0.4 is 15.3 Å². The zero-order valence-electron chi connectivity index (χ0n) is 21.4. The van der Waals surface area contributed by atoms with E-state index in [1.165, 1.54) is 25.6 Å². The molecule has 0 aliphatic carbocycles. The quantitative estimate of drug-likeness (QED) is 0.115. The summed E-state index contributed by atoms with van der Waals surface area (Å²) < 4.78 is 36.6. The van der Waals surface area contributed by atoms with E-state index < -0.39 is 55.8 Å². The van der Waals surface area contributed by atoms with E-state index >= 15 is 0 Å². The molecule has 1 fully saturated rings. The fraction of sp³-hybridized carbons (Fsp3) is 0.500. The van der Waals surface area contributed by atoms with E-state index in [0.29, 0.717) is 0 Å². The fourth-order valence-electron chi connectivity index (χ4n) is 3.67. The fourth-order valence-corrected chi connectivity index (χ4v) is 5.18. The van der Waals surface area contributed by atoms with Gasteiger partial charge in [-0.1, -0.05) is 20.4 Å². The van der Waals surface area contributed by atoms with Crippen LogP contribution in [0.2, 0.25) is 0 Å². The number of hydrogen-bond acceptors (Lipinski definition) is 13. The van der Waals surface area contributed by atoms with Gasteiger partial charge in [-0.25, -0.2) is 14.2 Å². The van der Waals surface area contributed by atoms with Crippen molar-refractivity contribution < 1.29 is 43.0 Å². The third kappa shape index (κ3) is 7.59. The summed E-state index contributed by atoms with van der Waals surface area (Å²) in [6.07, 6.45) is -3.92. The van der Waals surface area contributed by atoms with Crippen LogP contribution in [0.25, 0.3) is 5.70 Å². The molecule has 39 heavy (non-hydrogen) atoms. The molecule has 6 atom stereocenters. The largest absolute Gasteiger partial charge is 0.468 e. The average Bonchev–Trinajstić information content (AvgIpc) is 3.47. The normalized spacial score (nSPS) is 23.2. The number of nitro benzene ring substituents is 1.